The Labute approximate surface area is 212 Å². The first-order valence-electron chi connectivity index (χ1n) is 10.2. The van der Waals surface area contributed by atoms with E-state index in [9.17, 15) is 35.1 Å². The maximum atomic E-state index is 12.0. The molecule has 3 aromatic carbocycles. The molecule has 1 N–H and O–H groups in total. The lowest BCUT2D eigenvalue weighted by Crippen LogP contribution is -2.19. The van der Waals surface area contributed by atoms with Gasteiger partial charge in [-0.05, 0) is 42.0 Å². The molecule has 0 unspecified atom stereocenters. The molecule has 0 aliphatic heterocycles. The minimum absolute atomic E-state index is 0.0271. The van der Waals surface area contributed by atoms with Crippen LogP contribution in [0.3, 0.4) is 0 Å². The molecule has 3 rings (SSSR count). The summed E-state index contributed by atoms with van der Waals surface area (Å²) in [4.78, 5) is 43.6. The van der Waals surface area contributed by atoms with Crippen LogP contribution in [0.4, 0.5) is 17.1 Å². The highest BCUT2D eigenvalue weighted by Crippen LogP contribution is 2.38. The van der Waals surface area contributed by atoms with Crippen molar-refractivity contribution >= 4 is 40.9 Å². The molecule has 1 amide bonds. The van der Waals surface area contributed by atoms with E-state index >= 15 is 0 Å². The number of carbonyl (C=O) groups excluding carboxylic acids is 1. The number of carbonyl (C=O) groups is 1. The lowest BCUT2D eigenvalue weighted by Gasteiger charge is -2.11. The van der Waals surface area contributed by atoms with E-state index in [2.05, 4.69) is 10.5 Å². The summed E-state index contributed by atoms with van der Waals surface area (Å²) in [5.74, 6) is -0.291. The van der Waals surface area contributed by atoms with Crippen LogP contribution in [0.25, 0.3) is 0 Å². The summed E-state index contributed by atoms with van der Waals surface area (Å²) in [5, 5.41) is 36.8. The second-order valence-corrected chi connectivity index (χ2v) is 8.06. The molecule has 0 atom stereocenters. The van der Waals surface area contributed by atoms with E-state index < -0.39 is 32.1 Å². The predicted octanol–water partition coefficient (Wildman–Crippen LogP) is 4.45. The molecule has 0 fully saturated rings. The number of nitrogens with one attached hydrogen (secondary N) is 1. The van der Waals surface area contributed by atoms with Crippen molar-refractivity contribution in [2.24, 2.45) is 5.10 Å². The van der Waals surface area contributed by atoms with Gasteiger partial charge >= 0.3 is 5.69 Å². The van der Waals surface area contributed by atoms with Gasteiger partial charge in [0.1, 0.15) is 0 Å². The van der Waals surface area contributed by atoms with Crippen molar-refractivity contribution in [3.8, 4) is 17.2 Å². The summed E-state index contributed by atoms with van der Waals surface area (Å²) >= 11 is 1.18. The van der Waals surface area contributed by atoms with Gasteiger partial charge in [0.05, 0.1) is 39.9 Å². The summed E-state index contributed by atoms with van der Waals surface area (Å²) in [6.07, 6.45) is 1.34. The van der Waals surface area contributed by atoms with Crippen LogP contribution in [0.5, 0.6) is 17.2 Å². The quantitative estimate of drug-likeness (QED) is 0.161. The Morgan fingerprint density at radius 2 is 1.54 bits per heavy atom. The molecule has 37 heavy (non-hydrogen) atoms. The van der Waals surface area contributed by atoms with Gasteiger partial charge in [0, 0.05) is 23.1 Å². The number of hydrogen-bond donors (Lipinski definition) is 1. The Balaban J connectivity index is 1.63. The number of amides is 1. The molecule has 0 bridgehead atoms. The topological polar surface area (TPSA) is 189 Å². The molecule has 3 aromatic rings. The Morgan fingerprint density at radius 1 is 0.892 bits per heavy atom. The number of thioether (sulfide) groups is 1. The van der Waals surface area contributed by atoms with E-state index in [1.165, 1.54) is 49.4 Å². The van der Waals surface area contributed by atoms with Gasteiger partial charge in [0.25, 0.3) is 11.4 Å². The number of non-ortho nitro benzene ring substituents is 2. The van der Waals surface area contributed by atoms with Gasteiger partial charge in [-0.1, -0.05) is 0 Å². The van der Waals surface area contributed by atoms with Gasteiger partial charge in [0.2, 0.25) is 11.7 Å². The van der Waals surface area contributed by atoms with E-state index in [1.807, 2.05) is 0 Å². The second-order valence-electron chi connectivity index (χ2n) is 7.01. The van der Waals surface area contributed by atoms with Crippen LogP contribution in [-0.4, -0.2) is 39.8 Å². The van der Waals surface area contributed by atoms with Crippen molar-refractivity contribution in [1.29, 1.82) is 0 Å². The molecule has 0 aliphatic carbocycles. The first-order valence-corrected chi connectivity index (χ1v) is 11.1. The van der Waals surface area contributed by atoms with Crippen LogP contribution < -0.4 is 14.9 Å². The zero-order valence-corrected chi connectivity index (χ0v) is 19.7. The standard InChI is InChI=1S/C22H17N5O9S/c1-35-21-10-14(12-23-24-22(28)13-37-17-6-3-15(4-7-17)25(29)30)2-8-20(21)36-19-9-5-16(26(31)32)11-18(19)27(33)34/h2-12H,13H2,1H3,(H,24,28)/b23-12-. The maximum absolute atomic E-state index is 12.0. The van der Waals surface area contributed by atoms with Crippen LogP contribution in [0.1, 0.15) is 5.56 Å². The van der Waals surface area contributed by atoms with E-state index in [0.717, 1.165) is 18.2 Å². The zero-order chi connectivity index (χ0) is 26.9. The molecule has 0 saturated heterocycles. The van der Waals surface area contributed by atoms with E-state index in [0.29, 0.717) is 10.5 Å². The summed E-state index contributed by atoms with van der Waals surface area (Å²) in [5.41, 5.74) is 1.78. The van der Waals surface area contributed by atoms with Gasteiger partial charge in [-0.2, -0.15) is 5.10 Å². The van der Waals surface area contributed by atoms with Crippen LogP contribution in [0.15, 0.2) is 70.7 Å². The number of benzene rings is 3. The van der Waals surface area contributed by atoms with E-state index in [-0.39, 0.29) is 28.7 Å². The first kappa shape index (κ1) is 26.6. The van der Waals surface area contributed by atoms with Gasteiger partial charge in [-0.3, -0.25) is 35.1 Å². The van der Waals surface area contributed by atoms with Gasteiger partial charge in [0.15, 0.2) is 11.5 Å². The van der Waals surface area contributed by atoms with Crippen molar-refractivity contribution < 1.29 is 29.0 Å². The summed E-state index contributed by atoms with van der Waals surface area (Å²) in [6, 6.07) is 13.3. The highest BCUT2D eigenvalue weighted by Gasteiger charge is 2.22. The fraction of sp³-hybridized carbons (Fsp3) is 0.0909. The number of rotatable bonds is 11. The smallest absolute Gasteiger partial charge is 0.318 e. The number of methoxy groups -OCH3 is 1. The molecular formula is C22H17N5O9S. The highest BCUT2D eigenvalue weighted by atomic mass is 32.2. The third-order valence-corrected chi connectivity index (χ3v) is 5.59. The summed E-state index contributed by atoms with van der Waals surface area (Å²) in [7, 11) is 1.35. The second kappa shape index (κ2) is 12.1. The van der Waals surface area contributed by atoms with Crippen LogP contribution in [0, 0.1) is 30.3 Å². The van der Waals surface area contributed by atoms with Crippen molar-refractivity contribution in [3.05, 3.63) is 96.6 Å². The van der Waals surface area contributed by atoms with Gasteiger partial charge < -0.3 is 9.47 Å². The number of nitro groups is 3. The Bertz CT molecular complexity index is 1380. The maximum Gasteiger partial charge on any atom is 0.318 e. The summed E-state index contributed by atoms with van der Waals surface area (Å²) < 4.78 is 10.8. The normalized spacial score (nSPS) is 10.6. The fourth-order valence-electron chi connectivity index (χ4n) is 2.84. The van der Waals surface area contributed by atoms with Crippen LogP contribution in [0.2, 0.25) is 0 Å². The highest BCUT2D eigenvalue weighted by molar-refractivity contribution is 8.00. The molecule has 0 saturated carbocycles. The lowest BCUT2D eigenvalue weighted by atomic mass is 10.2. The zero-order valence-electron chi connectivity index (χ0n) is 18.9. The fourth-order valence-corrected chi connectivity index (χ4v) is 3.53. The van der Waals surface area contributed by atoms with E-state index in [1.54, 1.807) is 18.2 Å². The molecule has 190 valence electrons. The number of hydrazone groups is 1. The average Bonchev–Trinajstić information content (AvgIpc) is 2.88. The Morgan fingerprint density at radius 3 is 2.16 bits per heavy atom. The Hall–Kier alpha value is -5.05. The number of hydrogen-bond acceptors (Lipinski definition) is 11. The van der Waals surface area contributed by atoms with Gasteiger partial charge in [-0.25, -0.2) is 5.43 Å². The minimum Gasteiger partial charge on any atom is -0.493 e. The van der Waals surface area contributed by atoms with Crippen LogP contribution in [-0.2, 0) is 4.79 Å². The molecular weight excluding hydrogens is 510 g/mol. The molecule has 0 heterocycles. The van der Waals surface area contributed by atoms with Crippen molar-refractivity contribution in [2.45, 2.75) is 4.90 Å². The molecule has 14 nitrogen and oxygen atoms in total. The Kier molecular flexibility index (Phi) is 8.67. The molecule has 0 aromatic heterocycles. The largest absolute Gasteiger partial charge is 0.493 e. The third kappa shape index (κ3) is 7.22. The monoisotopic (exact) mass is 527 g/mol. The van der Waals surface area contributed by atoms with Crippen LogP contribution >= 0.6 is 11.8 Å². The summed E-state index contributed by atoms with van der Waals surface area (Å²) in [6.45, 7) is 0. The third-order valence-electron chi connectivity index (χ3n) is 4.58. The lowest BCUT2D eigenvalue weighted by molar-refractivity contribution is -0.394. The molecule has 0 aliphatic rings. The van der Waals surface area contributed by atoms with E-state index in [4.69, 9.17) is 9.47 Å². The molecule has 0 radical (unpaired) electrons. The molecule has 0 spiro atoms. The number of ether oxygens (including phenoxy) is 2. The van der Waals surface area contributed by atoms with Crippen molar-refractivity contribution in [1.82, 2.24) is 5.43 Å². The SMILES string of the molecule is COc1cc(/C=N\NC(=O)CSc2ccc([N+](=O)[O-])cc2)ccc1Oc1ccc([N+](=O)[O-])cc1[N+](=O)[O-]. The average molecular weight is 527 g/mol. The van der Waals surface area contributed by atoms with Gasteiger partial charge in [-0.15, -0.1) is 11.8 Å². The molecule has 15 heteroatoms. The number of nitrogens with zero attached hydrogens (tertiary/aromatic N) is 4. The number of nitro benzene ring substituents is 3. The first-order chi connectivity index (χ1) is 17.7. The van der Waals surface area contributed by atoms with Crippen molar-refractivity contribution in [2.75, 3.05) is 12.9 Å². The predicted molar refractivity (Wildman–Crippen MR) is 132 cm³/mol. The minimum atomic E-state index is -0.793. The van der Waals surface area contributed by atoms with Crippen molar-refractivity contribution in [3.63, 3.8) is 0 Å².